The van der Waals surface area contributed by atoms with E-state index in [1.807, 2.05) is 31.2 Å². The Bertz CT molecular complexity index is 465. The number of carboxylic acids is 1. The van der Waals surface area contributed by atoms with Crippen LogP contribution in [0.1, 0.15) is 26.2 Å². The van der Waals surface area contributed by atoms with E-state index in [0.29, 0.717) is 57.2 Å². The van der Waals surface area contributed by atoms with Crippen molar-refractivity contribution in [3.8, 4) is 11.5 Å². The summed E-state index contributed by atoms with van der Waals surface area (Å²) in [6, 6.07) is 7.44. The quantitative estimate of drug-likeness (QED) is 0.837. The molecule has 1 fully saturated rings. The van der Waals surface area contributed by atoms with Crippen LogP contribution in [0.25, 0.3) is 0 Å². The van der Waals surface area contributed by atoms with Crippen LogP contribution in [-0.2, 0) is 9.53 Å². The van der Waals surface area contributed by atoms with Gasteiger partial charge in [0.2, 0.25) is 0 Å². The molecule has 1 aromatic rings. The molecule has 1 aliphatic rings. The van der Waals surface area contributed by atoms with E-state index in [1.165, 1.54) is 0 Å². The zero-order chi connectivity index (χ0) is 15.1. The number of benzene rings is 1. The normalized spacial score (nSPS) is 17.2. The fourth-order valence-corrected chi connectivity index (χ4v) is 2.53. The molecule has 116 valence electrons. The smallest absolute Gasteiger partial charge is 0.309 e. The van der Waals surface area contributed by atoms with Crippen molar-refractivity contribution in [1.82, 2.24) is 0 Å². The van der Waals surface area contributed by atoms with E-state index in [-0.39, 0.29) is 0 Å². The molecular formula is C16H22O5. The van der Waals surface area contributed by atoms with Crippen LogP contribution in [-0.4, -0.2) is 37.5 Å². The van der Waals surface area contributed by atoms with E-state index in [9.17, 15) is 9.90 Å². The summed E-state index contributed by atoms with van der Waals surface area (Å²) in [6.07, 6.45) is 1.56. The highest BCUT2D eigenvalue weighted by Gasteiger charge is 2.39. The lowest BCUT2D eigenvalue weighted by molar-refractivity contribution is -0.156. The predicted octanol–water partition coefficient (Wildman–Crippen LogP) is 2.74. The fraction of sp³-hybridized carbons (Fsp3) is 0.562. The van der Waals surface area contributed by atoms with Gasteiger partial charge in [-0.3, -0.25) is 4.79 Å². The van der Waals surface area contributed by atoms with Crippen molar-refractivity contribution in [2.24, 2.45) is 5.41 Å². The molecule has 1 heterocycles. The number of hydrogen-bond donors (Lipinski definition) is 1. The molecule has 1 saturated heterocycles. The van der Waals surface area contributed by atoms with Gasteiger partial charge in [0.25, 0.3) is 0 Å². The summed E-state index contributed by atoms with van der Waals surface area (Å²) in [7, 11) is 0. The van der Waals surface area contributed by atoms with Crippen molar-refractivity contribution in [1.29, 1.82) is 0 Å². The van der Waals surface area contributed by atoms with Crippen LogP contribution >= 0.6 is 0 Å². The van der Waals surface area contributed by atoms with Gasteiger partial charge >= 0.3 is 5.97 Å². The molecule has 0 aromatic heterocycles. The van der Waals surface area contributed by atoms with Crippen LogP contribution in [0.3, 0.4) is 0 Å². The first-order valence-corrected chi connectivity index (χ1v) is 7.34. The first-order chi connectivity index (χ1) is 10.2. The lowest BCUT2D eigenvalue weighted by atomic mass is 9.77. The van der Waals surface area contributed by atoms with Gasteiger partial charge in [-0.05, 0) is 38.3 Å². The Labute approximate surface area is 124 Å². The predicted molar refractivity (Wildman–Crippen MR) is 77.8 cm³/mol. The Morgan fingerprint density at radius 3 is 2.43 bits per heavy atom. The van der Waals surface area contributed by atoms with Gasteiger partial charge < -0.3 is 19.3 Å². The van der Waals surface area contributed by atoms with Gasteiger partial charge in [-0.15, -0.1) is 0 Å². The molecule has 5 heteroatoms. The van der Waals surface area contributed by atoms with Crippen LogP contribution < -0.4 is 9.47 Å². The van der Waals surface area contributed by atoms with E-state index in [0.717, 1.165) is 0 Å². The summed E-state index contributed by atoms with van der Waals surface area (Å²) in [5, 5.41) is 9.49. The second-order valence-corrected chi connectivity index (χ2v) is 5.18. The molecule has 0 atom stereocenters. The minimum Gasteiger partial charge on any atom is -0.490 e. The van der Waals surface area contributed by atoms with Crippen molar-refractivity contribution in [3.05, 3.63) is 24.3 Å². The van der Waals surface area contributed by atoms with Crippen LogP contribution in [0, 0.1) is 5.41 Å². The first-order valence-electron chi connectivity index (χ1n) is 7.34. The third kappa shape index (κ3) is 3.88. The molecule has 5 nitrogen and oxygen atoms in total. The molecule has 0 unspecified atom stereocenters. The molecule has 0 radical (unpaired) electrons. The molecule has 1 aromatic carbocycles. The van der Waals surface area contributed by atoms with Crippen molar-refractivity contribution in [2.45, 2.75) is 26.2 Å². The zero-order valence-corrected chi connectivity index (χ0v) is 12.3. The highest BCUT2D eigenvalue weighted by molar-refractivity contribution is 5.74. The number of ether oxygens (including phenoxy) is 3. The Hall–Kier alpha value is -1.75. The Morgan fingerprint density at radius 2 is 1.86 bits per heavy atom. The van der Waals surface area contributed by atoms with E-state index in [2.05, 4.69) is 0 Å². The molecule has 1 N–H and O–H groups in total. The molecule has 0 saturated carbocycles. The SMILES string of the molecule is CCOc1ccccc1OCCC1(C(=O)O)CCOCC1. The Morgan fingerprint density at radius 1 is 1.24 bits per heavy atom. The zero-order valence-electron chi connectivity index (χ0n) is 12.3. The van der Waals surface area contributed by atoms with Crippen molar-refractivity contribution >= 4 is 5.97 Å². The average molecular weight is 294 g/mol. The van der Waals surface area contributed by atoms with Crippen LogP contribution in [0.5, 0.6) is 11.5 Å². The average Bonchev–Trinajstić information content (AvgIpc) is 2.50. The summed E-state index contributed by atoms with van der Waals surface area (Å²) >= 11 is 0. The van der Waals surface area contributed by atoms with Crippen molar-refractivity contribution in [3.63, 3.8) is 0 Å². The Kier molecular flexibility index (Phi) is 5.44. The highest BCUT2D eigenvalue weighted by Crippen LogP contribution is 2.35. The highest BCUT2D eigenvalue weighted by atomic mass is 16.5. The molecular weight excluding hydrogens is 272 g/mol. The van der Waals surface area contributed by atoms with Gasteiger partial charge in [0, 0.05) is 13.2 Å². The van der Waals surface area contributed by atoms with Gasteiger partial charge in [0.05, 0.1) is 18.6 Å². The maximum atomic E-state index is 11.6. The molecule has 0 bridgehead atoms. The summed E-state index contributed by atoms with van der Waals surface area (Å²) in [4.78, 5) is 11.6. The standard InChI is InChI=1S/C16H22O5/c1-2-20-13-5-3-4-6-14(13)21-12-9-16(15(17)18)7-10-19-11-8-16/h3-6H,2,7-12H2,1H3,(H,17,18). The maximum absolute atomic E-state index is 11.6. The maximum Gasteiger partial charge on any atom is 0.309 e. The second kappa shape index (κ2) is 7.31. The number of para-hydroxylation sites is 2. The minimum absolute atomic E-state index is 0.358. The van der Waals surface area contributed by atoms with Gasteiger partial charge in [-0.1, -0.05) is 12.1 Å². The monoisotopic (exact) mass is 294 g/mol. The second-order valence-electron chi connectivity index (χ2n) is 5.18. The first kappa shape index (κ1) is 15.6. The van der Waals surface area contributed by atoms with Crippen molar-refractivity contribution in [2.75, 3.05) is 26.4 Å². The van der Waals surface area contributed by atoms with E-state index in [1.54, 1.807) is 0 Å². The van der Waals surface area contributed by atoms with E-state index >= 15 is 0 Å². The van der Waals surface area contributed by atoms with Gasteiger partial charge in [0.1, 0.15) is 0 Å². The topological polar surface area (TPSA) is 65.0 Å². The fourth-order valence-electron chi connectivity index (χ4n) is 2.53. The van der Waals surface area contributed by atoms with Crippen LogP contribution in [0.4, 0.5) is 0 Å². The Balaban J connectivity index is 1.95. The van der Waals surface area contributed by atoms with E-state index in [4.69, 9.17) is 14.2 Å². The van der Waals surface area contributed by atoms with Gasteiger partial charge in [-0.2, -0.15) is 0 Å². The molecule has 0 amide bonds. The summed E-state index contributed by atoms with van der Waals surface area (Å²) < 4.78 is 16.5. The van der Waals surface area contributed by atoms with Crippen LogP contribution in [0.15, 0.2) is 24.3 Å². The summed E-state index contributed by atoms with van der Waals surface area (Å²) in [5.41, 5.74) is -0.723. The van der Waals surface area contributed by atoms with Gasteiger partial charge in [-0.25, -0.2) is 0 Å². The third-order valence-corrected chi connectivity index (χ3v) is 3.89. The lowest BCUT2D eigenvalue weighted by Gasteiger charge is -2.32. The molecule has 21 heavy (non-hydrogen) atoms. The molecule has 1 aliphatic heterocycles. The minimum atomic E-state index is -0.757. The van der Waals surface area contributed by atoms with Crippen molar-refractivity contribution < 1.29 is 24.1 Å². The number of carboxylic acid groups (broad SMARTS) is 1. The summed E-state index contributed by atoms with van der Waals surface area (Å²) in [5.74, 6) is 0.593. The number of rotatable bonds is 7. The molecule has 0 aliphatic carbocycles. The summed E-state index contributed by atoms with van der Waals surface area (Å²) in [6.45, 7) is 3.84. The molecule has 2 rings (SSSR count). The third-order valence-electron chi connectivity index (χ3n) is 3.89. The van der Waals surface area contributed by atoms with Gasteiger partial charge in [0.15, 0.2) is 11.5 Å². The number of hydrogen-bond acceptors (Lipinski definition) is 4. The largest absolute Gasteiger partial charge is 0.490 e. The number of carbonyl (C=O) groups is 1. The van der Waals surface area contributed by atoms with Crippen LogP contribution in [0.2, 0.25) is 0 Å². The number of aliphatic carboxylic acids is 1. The lowest BCUT2D eigenvalue weighted by Crippen LogP contribution is -2.38. The molecule has 0 spiro atoms. The van der Waals surface area contributed by atoms with E-state index < -0.39 is 11.4 Å².